The zero-order chi connectivity index (χ0) is 12.4. The highest BCUT2D eigenvalue weighted by Gasteiger charge is 2.54. The quantitative estimate of drug-likeness (QED) is 0.661. The smallest absolute Gasteiger partial charge is 0.0653 e. The maximum absolute atomic E-state index is 6.35. The van der Waals surface area contributed by atoms with E-state index in [2.05, 4.69) is 15.9 Å². The number of rotatable bonds is 3. The van der Waals surface area contributed by atoms with Crippen molar-refractivity contribution < 1.29 is 4.74 Å². The second kappa shape index (κ2) is 5.83. The van der Waals surface area contributed by atoms with E-state index in [9.17, 15) is 0 Å². The van der Waals surface area contributed by atoms with E-state index in [1.54, 1.807) is 0 Å². The fourth-order valence-electron chi connectivity index (χ4n) is 4.38. The van der Waals surface area contributed by atoms with Gasteiger partial charge >= 0.3 is 0 Å². The summed E-state index contributed by atoms with van der Waals surface area (Å²) in [5, 5.41) is 0. The van der Waals surface area contributed by atoms with E-state index >= 15 is 0 Å². The van der Waals surface area contributed by atoms with Gasteiger partial charge in [-0.2, -0.15) is 0 Å². The highest BCUT2D eigenvalue weighted by Crippen LogP contribution is 2.56. The minimum absolute atomic E-state index is 0.521. The van der Waals surface area contributed by atoms with Crippen LogP contribution in [-0.4, -0.2) is 17.5 Å². The van der Waals surface area contributed by atoms with Crippen molar-refractivity contribution in [3.63, 3.8) is 0 Å². The average molecular weight is 315 g/mol. The van der Waals surface area contributed by atoms with Gasteiger partial charge in [0.05, 0.1) is 6.10 Å². The summed E-state index contributed by atoms with van der Waals surface area (Å²) in [5.74, 6) is 0.869. The first-order chi connectivity index (χ1) is 8.81. The molecule has 0 aromatic carbocycles. The molecule has 0 aliphatic heterocycles. The minimum Gasteiger partial charge on any atom is -0.377 e. The van der Waals surface area contributed by atoms with Crippen LogP contribution in [0, 0.1) is 11.3 Å². The van der Waals surface area contributed by atoms with E-state index in [4.69, 9.17) is 4.74 Å². The normalized spacial score (nSPS) is 36.5. The predicted octanol–water partition coefficient (Wildman–Crippen LogP) is 5.07. The summed E-state index contributed by atoms with van der Waals surface area (Å²) in [6, 6.07) is 0. The topological polar surface area (TPSA) is 9.23 Å². The zero-order valence-electron chi connectivity index (χ0n) is 11.5. The third-order valence-corrected chi connectivity index (χ3v) is 7.01. The van der Waals surface area contributed by atoms with E-state index in [1.807, 2.05) is 0 Å². The van der Waals surface area contributed by atoms with Gasteiger partial charge in [0, 0.05) is 16.8 Å². The predicted molar refractivity (Wildman–Crippen MR) is 79.2 cm³/mol. The molecule has 0 radical (unpaired) electrons. The van der Waals surface area contributed by atoms with E-state index in [1.165, 1.54) is 70.6 Å². The highest BCUT2D eigenvalue weighted by atomic mass is 79.9. The van der Waals surface area contributed by atoms with Gasteiger partial charge in [0.25, 0.3) is 0 Å². The van der Waals surface area contributed by atoms with Crippen molar-refractivity contribution in [1.82, 2.24) is 0 Å². The van der Waals surface area contributed by atoms with Crippen LogP contribution in [0.5, 0.6) is 0 Å². The van der Waals surface area contributed by atoms with Gasteiger partial charge in [-0.1, -0.05) is 54.5 Å². The van der Waals surface area contributed by atoms with E-state index in [0.29, 0.717) is 11.5 Å². The molecule has 0 saturated heterocycles. The number of hydrogen-bond donors (Lipinski definition) is 0. The SMILES string of the molecule is BrC1CC(OCC2CCCCC2)C12CCCCC2. The minimum atomic E-state index is 0.521. The highest BCUT2D eigenvalue weighted by molar-refractivity contribution is 9.09. The first-order valence-electron chi connectivity index (χ1n) is 8.07. The molecule has 0 aromatic rings. The molecule has 2 heteroatoms. The molecule has 0 bridgehead atoms. The molecule has 3 saturated carbocycles. The summed E-state index contributed by atoms with van der Waals surface area (Å²) < 4.78 is 6.35. The molecule has 2 unspecified atom stereocenters. The molecule has 0 aromatic heterocycles. The first-order valence-corrected chi connectivity index (χ1v) is 8.98. The molecule has 0 heterocycles. The van der Waals surface area contributed by atoms with Crippen LogP contribution in [0.2, 0.25) is 0 Å². The van der Waals surface area contributed by atoms with Crippen LogP contribution in [0.4, 0.5) is 0 Å². The number of hydrogen-bond acceptors (Lipinski definition) is 1. The standard InChI is InChI=1S/C16H27BrO/c17-14-11-15(16(14)9-5-2-6-10-16)18-12-13-7-3-1-4-8-13/h13-15H,1-12H2. The van der Waals surface area contributed by atoms with Gasteiger partial charge in [-0.3, -0.25) is 0 Å². The second-order valence-corrected chi connectivity index (χ2v) is 7.93. The van der Waals surface area contributed by atoms with E-state index < -0.39 is 0 Å². The Balaban J connectivity index is 1.50. The Morgan fingerprint density at radius 3 is 2.28 bits per heavy atom. The Morgan fingerprint density at radius 2 is 1.61 bits per heavy atom. The summed E-state index contributed by atoms with van der Waals surface area (Å²) in [4.78, 5) is 0.738. The summed E-state index contributed by atoms with van der Waals surface area (Å²) in [6.07, 6.45) is 16.1. The molecule has 3 fully saturated rings. The van der Waals surface area contributed by atoms with Crippen molar-refractivity contribution >= 4 is 15.9 Å². The maximum Gasteiger partial charge on any atom is 0.0653 e. The van der Waals surface area contributed by atoms with Gasteiger partial charge in [-0.05, 0) is 38.0 Å². The van der Waals surface area contributed by atoms with Crippen LogP contribution in [0.25, 0.3) is 0 Å². The lowest BCUT2D eigenvalue weighted by atomic mass is 9.58. The summed E-state index contributed by atoms with van der Waals surface area (Å²) >= 11 is 3.91. The lowest BCUT2D eigenvalue weighted by molar-refractivity contribution is -0.130. The van der Waals surface area contributed by atoms with Crippen LogP contribution in [0.3, 0.4) is 0 Å². The van der Waals surface area contributed by atoms with Crippen LogP contribution < -0.4 is 0 Å². The van der Waals surface area contributed by atoms with Gasteiger partial charge in [0.15, 0.2) is 0 Å². The van der Waals surface area contributed by atoms with Crippen molar-refractivity contribution in [2.75, 3.05) is 6.61 Å². The molecule has 3 aliphatic rings. The largest absolute Gasteiger partial charge is 0.377 e. The average Bonchev–Trinajstić information content (AvgIpc) is 2.45. The Labute approximate surface area is 120 Å². The van der Waals surface area contributed by atoms with Gasteiger partial charge in [0.2, 0.25) is 0 Å². The van der Waals surface area contributed by atoms with Gasteiger partial charge in [-0.25, -0.2) is 0 Å². The van der Waals surface area contributed by atoms with Gasteiger partial charge in [-0.15, -0.1) is 0 Å². The zero-order valence-corrected chi connectivity index (χ0v) is 13.1. The Kier molecular flexibility index (Phi) is 4.35. The lowest BCUT2D eigenvalue weighted by Crippen LogP contribution is -2.56. The molecule has 104 valence electrons. The molecule has 3 aliphatic carbocycles. The molecule has 18 heavy (non-hydrogen) atoms. The monoisotopic (exact) mass is 314 g/mol. The van der Waals surface area contributed by atoms with Crippen molar-refractivity contribution in [2.24, 2.45) is 11.3 Å². The number of alkyl halides is 1. The molecular formula is C16H27BrO. The van der Waals surface area contributed by atoms with Crippen molar-refractivity contribution in [3.05, 3.63) is 0 Å². The van der Waals surface area contributed by atoms with Crippen LogP contribution >= 0.6 is 15.9 Å². The Hall–Kier alpha value is 0.440. The molecule has 0 N–H and O–H groups in total. The van der Waals surface area contributed by atoms with Crippen molar-refractivity contribution in [2.45, 2.75) is 81.6 Å². The van der Waals surface area contributed by atoms with Crippen LogP contribution in [0.1, 0.15) is 70.6 Å². The molecule has 3 rings (SSSR count). The maximum atomic E-state index is 6.35. The Morgan fingerprint density at radius 1 is 0.944 bits per heavy atom. The molecule has 1 nitrogen and oxygen atoms in total. The summed E-state index contributed by atoms with van der Waals surface area (Å²) in [7, 11) is 0. The van der Waals surface area contributed by atoms with Crippen LogP contribution in [0.15, 0.2) is 0 Å². The third-order valence-electron chi connectivity index (χ3n) is 5.73. The number of halogens is 1. The molecule has 0 amide bonds. The molecule has 1 spiro atoms. The van der Waals surface area contributed by atoms with E-state index in [0.717, 1.165) is 17.4 Å². The Bertz CT molecular complexity index is 266. The van der Waals surface area contributed by atoms with E-state index in [-0.39, 0.29) is 0 Å². The fourth-order valence-corrected chi connectivity index (χ4v) is 5.48. The summed E-state index contributed by atoms with van der Waals surface area (Å²) in [5.41, 5.74) is 0.521. The van der Waals surface area contributed by atoms with Crippen molar-refractivity contribution in [3.8, 4) is 0 Å². The molecule has 2 atom stereocenters. The summed E-state index contributed by atoms with van der Waals surface area (Å²) in [6.45, 7) is 1.05. The third kappa shape index (κ3) is 2.52. The number of ether oxygens (including phenoxy) is 1. The van der Waals surface area contributed by atoms with Crippen LogP contribution in [-0.2, 0) is 4.74 Å². The molecular weight excluding hydrogens is 288 g/mol. The first kappa shape index (κ1) is 13.4. The van der Waals surface area contributed by atoms with Gasteiger partial charge in [0.1, 0.15) is 0 Å². The van der Waals surface area contributed by atoms with Gasteiger partial charge < -0.3 is 4.74 Å². The van der Waals surface area contributed by atoms with Crippen molar-refractivity contribution in [1.29, 1.82) is 0 Å². The fraction of sp³-hybridized carbons (Fsp3) is 1.00. The second-order valence-electron chi connectivity index (χ2n) is 6.82. The lowest BCUT2D eigenvalue weighted by Gasteiger charge is -2.56.